The van der Waals surface area contributed by atoms with Crippen molar-refractivity contribution in [3.63, 3.8) is 0 Å². The van der Waals surface area contributed by atoms with Crippen molar-refractivity contribution in [3.8, 4) is 0 Å². The largest absolute Gasteiger partial charge is 0.490 e. The Kier molecular flexibility index (Phi) is 7.86. The summed E-state index contributed by atoms with van der Waals surface area (Å²) < 4.78 is 43.9. The number of carboxylic acids is 1. The van der Waals surface area contributed by atoms with Crippen molar-refractivity contribution in [1.29, 1.82) is 0 Å². The van der Waals surface area contributed by atoms with E-state index in [4.69, 9.17) is 19.4 Å². The number of carbonyl (C=O) groups is 2. The normalized spacial score (nSPS) is 20.0. The van der Waals surface area contributed by atoms with E-state index in [2.05, 4.69) is 4.98 Å². The van der Waals surface area contributed by atoms with E-state index in [-0.39, 0.29) is 17.6 Å². The highest BCUT2D eigenvalue weighted by Gasteiger charge is 2.44. The molecule has 0 aliphatic carbocycles. The minimum absolute atomic E-state index is 0.116. The van der Waals surface area contributed by atoms with Crippen LogP contribution in [-0.4, -0.2) is 64.4 Å². The number of halogens is 3. The summed E-state index contributed by atoms with van der Waals surface area (Å²) in [6.45, 7) is 2.75. The van der Waals surface area contributed by atoms with Crippen LogP contribution in [0.2, 0.25) is 0 Å². The van der Waals surface area contributed by atoms with Gasteiger partial charge in [0.1, 0.15) is 0 Å². The molecular weight excluding hydrogens is 449 g/mol. The third-order valence-corrected chi connectivity index (χ3v) is 6.20. The molecule has 7 nitrogen and oxygen atoms in total. The molecule has 2 aliphatic rings. The van der Waals surface area contributed by atoms with E-state index < -0.39 is 12.1 Å². The third-order valence-electron chi connectivity index (χ3n) is 5.35. The van der Waals surface area contributed by atoms with Crippen LogP contribution in [0, 0.1) is 0 Å². The Morgan fingerprint density at radius 3 is 2.47 bits per heavy atom. The lowest BCUT2D eigenvalue weighted by Gasteiger charge is -2.38. The first-order valence-electron chi connectivity index (χ1n) is 9.96. The fourth-order valence-electron chi connectivity index (χ4n) is 3.62. The zero-order chi connectivity index (χ0) is 23.2. The minimum Gasteiger partial charge on any atom is -0.475 e. The Morgan fingerprint density at radius 2 is 1.91 bits per heavy atom. The molecule has 2 aliphatic heterocycles. The topological polar surface area (TPSA) is 89.0 Å². The van der Waals surface area contributed by atoms with Gasteiger partial charge in [0.25, 0.3) is 5.91 Å². The van der Waals surface area contributed by atoms with Gasteiger partial charge in [0.2, 0.25) is 0 Å². The van der Waals surface area contributed by atoms with Crippen LogP contribution >= 0.6 is 11.3 Å². The Labute approximate surface area is 186 Å². The van der Waals surface area contributed by atoms with Gasteiger partial charge in [-0.1, -0.05) is 6.07 Å². The standard InChI is InChI=1S/C19H22N2O3S.C2HF3O2/c22-18(17-2-1-11-25-17)21-9-5-19(6-10-21)12-16(14-24-19)23-13-15-3-7-20-8-4-15;3-2(4,5)1(6)7/h1-4,7-8,11,16H,5-6,9-10,12-14H2;(H,6,7). The van der Waals surface area contributed by atoms with Crippen molar-refractivity contribution >= 4 is 23.2 Å². The number of amides is 1. The van der Waals surface area contributed by atoms with Gasteiger partial charge in [-0.25, -0.2) is 4.79 Å². The molecule has 2 aromatic heterocycles. The lowest BCUT2D eigenvalue weighted by molar-refractivity contribution is -0.192. The molecule has 11 heteroatoms. The second-order valence-electron chi connectivity index (χ2n) is 7.56. The van der Waals surface area contributed by atoms with Gasteiger partial charge in [-0.15, -0.1) is 11.3 Å². The van der Waals surface area contributed by atoms with Gasteiger partial charge in [-0.2, -0.15) is 13.2 Å². The quantitative estimate of drug-likeness (QED) is 0.729. The molecule has 1 atom stereocenters. The monoisotopic (exact) mass is 472 g/mol. The molecule has 0 bridgehead atoms. The lowest BCUT2D eigenvalue weighted by Crippen LogP contribution is -2.46. The second-order valence-corrected chi connectivity index (χ2v) is 8.51. The molecule has 2 aromatic rings. The van der Waals surface area contributed by atoms with E-state index in [0.717, 1.165) is 42.8 Å². The summed E-state index contributed by atoms with van der Waals surface area (Å²) in [5, 5.41) is 9.07. The number of rotatable bonds is 4. The zero-order valence-electron chi connectivity index (χ0n) is 17.1. The molecule has 32 heavy (non-hydrogen) atoms. The summed E-state index contributed by atoms with van der Waals surface area (Å²) in [4.78, 5) is 28.1. The van der Waals surface area contributed by atoms with Crippen LogP contribution in [0.5, 0.6) is 0 Å². The third kappa shape index (κ3) is 6.50. The van der Waals surface area contributed by atoms with E-state index in [1.54, 1.807) is 12.4 Å². The molecule has 174 valence electrons. The number of hydrogen-bond donors (Lipinski definition) is 1. The maximum atomic E-state index is 12.5. The number of carboxylic acid groups (broad SMARTS) is 1. The van der Waals surface area contributed by atoms with E-state index in [9.17, 15) is 18.0 Å². The van der Waals surface area contributed by atoms with Crippen LogP contribution in [0.15, 0.2) is 42.0 Å². The number of pyridine rings is 1. The molecule has 2 saturated heterocycles. The van der Waals surface area contributed by atoms with Crippen molar-refractivity contribution in [1.82, 2.24) is 9.88 Å². The molecule has 0 radical (unpaired) electrons. The molecule has 1 amide bonds. The summed E-state index contributed by atoms with van der Waals surface area (Å²) in [5.74, 6) is -2.61. The highest BCUT2D eigenvalue weighted by molar-refractivity contribution is 7.12. The van der Waals surface area contributed by atoms with Gasteiger partial charge < -0.3 is 19.5 Å². The number of likely N-dealkylation sites (tertiary alicyclic amines) is 1. The highest BCUT2D eigenvalue weighted by Crippen LogP contribution is 2.37. The van der Waals surface area contributed by atoms with Crippen LogP contribution in [0.3, 0.4) is 0 Å². The number of carbonyl (C=O) groups excluding carboxylic acids is 1. The first-order chi connectivity index (χ1) is 15.2. The number of hydrogen-bond acceptors (Lipinski definition) is 6. The first-order valence-corrected chi connectivity index (χ1v) is 10.8. The molecule has 1 spiro atoms. The van der Waals surface area contributed by atoms with Crippen LogP contribution in [0.1, 0.15) is 34.5 Å². The molecule has 0 aromatic carbocycles. The first kappa shape index (κ1) is 24.1. The summed E-state index contributed by atoms with van der Waals surface area (Å²) in [6.07, 6.45) is 1.31. The van der Waals surface area contributed by atoms with E-state index in [1.807, 2.05) is 34.5 Å². The summed E-state index contributed by atoms with van der Waals surface area (Å²) in [6, 6.07) is 7.76. The summed E-state index contributed by atoms with van der Waals surface area (Å²) in [7, 11) is 0. The predicted molar refractivity (Wildman–Crippen MR) is 109 cm³/mol. The van der Waals surface area contributed by atoms with Crippen molar-refractivity contribution in [2.45, 2.75) is 43.8 Å². The van der Waals surface area contributed by atoms with E-state index in [0.29, 0.717) is 13.2 Å². The lowest BCUT2D eigenvalue weighted by atomic mass is 9.88. The second kappa shape index (κ2) is 10.4. The molecule has 1 unspecified atom stereocenters. The van der Waals surface area contributed by atoms with Crippen molar-refractivity contribution < 1.29 is 37.3 Å². The van der Waals surface area contributed by atoms with Crippen LogP contribution in [0.4, 0.5) is 13.2 Å². The van der Waals surface area contributed by atoms with Gasteiger partial charge >= 0.3 is 12.1 Å². The fourth-order valence-corrected chi connectivity index (χ4v) is 4.32. The Hall–Kier alpha value is -2.50. The maximum absolute atomic E-state index is 12.5. The zero-order valence-corrected chi connectivity index (χ0v) is 17.9. The number of aromatic nitrogens is 1. The van der Waals surface area contributed by atoms with Gasteiger partial charge in [-0.3, -0.25) is 9.78 Å². The van der Waals surface area contributed by atoms with E-state index in [1.165, 1.54) is 11.3 Å². The summed E-state index contributed by atoms with van der Waals surface area (Å²) >= 11 is 1.51. The van der Waals surface area contributed by atoms with Crippen molar-refractivity contribution in [2.75, 3.05) is 19.7 Å². The van der Waals surface area contributed by atoms with Crippen LogP contribution in [0.25, 0.3) is 0 Å². The number of aliphatic carboxylic acids is 1. The Morgan fingerprint density at radius 1 is 1.25 bits per heavy atom. The molecule has 0 saturated carbocycles. The summed E-state index contributed by atoms with van der Waals surface area (Å²) in [5.41, 5.74) is 1.02. The Balaban J connectivity index is 0.000000360. The average molecular weight is 472 g/mol. The fraction of sp³-hybridized carbons (Fsp3) is 0.476. The maximum Gasteiger partial charge on any atom is 0.490 e. The van der Waals surface area contributed by atoms with Crippen molar-refractivity contribution in [2.24, 2.45) is 0 Å². The number of nitrogens with zero attached hydrogens (tertiary/aromatic N) is 2. The average Bonchev–Trinajstić information content (AvgIpc) is 3.44. The van der Waals surface area contributed by atoms with Gasteiger partial charge in [-0.05, 0) is 42.0 Å². The molecule has 4 heterocycles. The highest BCUT2D eigenvalue weighted by atomic mass is 32.1. The number of ether oxygens (including phenoxy) is 2. The van der Waals surface area contributed by atoms with Gasteiger partial charge in [0.15, 0.2) is 0 Å². The molecular formula is C21H23F3N2O5S. The van der Waals surface area contributed by atoms with Gasteiger partial charge in [0.05, 0.1) is 29.8 Å². The molecule has 2 fully saturated rings. The van der Waals surface area contributed by atoms with Crippen LogP contribution in [-0.2, 0) is 20.9 Å². The SMILES string of the molecule is O=C(O)C(F)(F)F.O=C(c1cccs1)N1CCC2(CC1)CC(OCc1ccncc1)CO2. The molecule has 4 rings (SSSR count). The van der Waals surface area contributed by atoms with Gasteiger partial charge in [0, 0.05) is 31.9 Å². The smallest absolute Gasteiger partial charge is 0.475 e. The number of thiophene rings is 1. The Bertz CT molecular complexity index is 885. The van der Waals surface area contributed by atoms with E-state index >= 15 is 0 Å². The number of piperidine rings is 1. The molecule has 1 N–H and O–H groups in total. The number of alkyl halides is 3. The minimum atomic E-state index is -5.08. The van der Waals surface area contributed by atoms with Crippen LogP contribution < -0.4 is 0 Å². The van der Waals surface area contributed by atoms with Crippen molar-refractivity contribution in [3.05, 3.63) is 52.5 Å². The predicted octanol–water partition coefficient (Wildman–Crippen LogP) is 3.76.